The number of ether oxygens (including phenoxy) is 1. The molecule has 0 spiro atoms. The van der Waals surface area contributed by atoms with E-state index >= 15 is 0 Å². The SMILES string of the molecule is COC(=O)c1cccc2nnc(CC3CCCN(C)C3)n12. The van der Waals surface area contributed by atoms with E-state index in [1.165, 1.54) is 20.0 Å². The van der Waals surface area contributed by atoms with Gasteiger partial charge in [0.1, 0.15) is 11.5 Å². The Morgan fingerprint density at radius 3 is 3.05 bits per heavy atom. The minimum atomic E-state index is -0.359. The maximum atomic E-state index is 11.9. The first-order valence-corrected chi connectivity index (χ1v) is 7.29. The molecule has 0 N–H and O–H groups in total. The summed E-state index contributed by atoms with van der Waals surface area (Å²) in [6, 6.07) is 5.41. The first kappa shape index (κ1) is 14.0. The Balaban J connectivity index is 1.93. The molecule has 0 bridgehead atoms. The Morgan fingerprint density at radius 1 is 1.43 bits per heavy atom. The maximum absolute atomic E-state index is 11.9. The molecule has 1 saturated heterocycles. The number of piperidine rings is 1. The average Bonchev–Trinajstić information content (AvgIpc) is 2.90. The van der Waals surface area contributed by atoms with Gasteiger partial charge in [-0.15, -0.1) is 10.2 Å². The van der Waals surface area contributed by atoms with Crippen LogP contribution in [0, 0.1) is 5.92 Å². The number of hydrogen-bond acceptors (Lipinski definition) is 5. The van der Waals surface area contributed by atoms with Crippen LogP contribution in [0.4, 0.5) is 0 Å². The maximum Gasteiger partial charge on any atom is 0.355 e. The largest absolute Gasteiger partial charge is 0.464 e. The third kappa shape index (κ3) is 2.76. The van der Waals surface area contributed by atoms with Gasteiger partial charge in [0.05, 0.1) is 7.11 Å². The molecule has 21 heavy (non-hydrogen) atoms. The monoisotopic (exact) mass is 288 g/mol. The minimum Gasteiger partial charge on any atom is -0.464 e. The lowest BCUT2D eigenvalue weighted by Gasteiger charge is -2.29. The lowest BCUT2D eigenvalue weighted by molar-refractivity contribution is 0.0591. The molecule has 0 saturated carbocycles. The fraction of sp³-hybridized carbons (Fsp3) is 0.533. The highest BCUT2D eigenvalue weighted by Gasteiger charge is 2.22. The van der Waals surface area contributed by atoms with Gasteiger partial charge >= 0.3 is 5.97 Å². The third-order valence-electron chi connectivity index (χ3n) is 4.08. The number of methoxy groups -OCH3 is 1. The van der Waals surface area contributed by atoms with Crippen LogP contribution in [0.3, 0.4) is 0 Å². The van der Waals surface area contributed by atoms with E-state index in [2.05, 4.69) is 22.1 Å². The zero-order valence-corrected chi connectivity index (χ0v) is 12.5. The molecule has 1 atom stereocenters. The number of fused-ring (bicyclic) bond motifs is 1. The van der Waals surface area contributed by atoms with Gasteiger partial charge < -0.3 is 9.64 Å². The number of pyridine rings is 1. The number of carbonyl (C=O) groups is 1. The summed E-state index contributed by atoms with van der Waals surface area (Å²) in [5.74, 6) is 1.04. The van der Waals surface area contributed by atoms with Crippen LogP contribution in [0.2, 0.25) is 0 Å². The molecule has 1 unspecified atom stereocenters. The molecule has 0 aromatic carbocycles. The van der Waals surface area contributed by atoms with Gasteiger partial charge in [0.15, 0.2) is 5.65 Å². The second-order valence-corrected chi connectivity index (χ2v) is 5.69. The van der Waals surface area contributed by atoms with Gasteiger partial charge in [-0.2, -0.15) is 0 Å². The molecule has 3 heterocycles. The van der Waals surface area contributed by atoms with E-state index in [4.69, 9.17) is 4.74 Å². The van der Waals surface area contributed by atoms with Gasteiger partial charge in [0, 0.05) is 13.0 Å². The van der Waals surface area contributed by atoms with E-state index in [0.717, 1.165) is 25.3 Å². The van der Waals surface area contributed by atoms with Crippen LogP contribution in [-0.2, 0) is 11.2 Å². The van der Waals surface area contributed by atoms with E-state index in [1.807, 2.05) is 10.5 Å². The van der Waals surface area contributed by atoms with Gasteiger partial charge in [-0.3, -0.25) is 4.40 Å². The van der Waals surface area contributed by atoms with Crippen LogP contribution in [0.1, 0.15) is 29.2 Å². The highest BCUT2D eigenvalue weighted by atomic mass is 16.5. The molecule has 2 aromatic heterocycles. The van der Waals surface area contributed by atoms with Crippen LogP contribution in [-0.4, -0.2) is 52.7 Å². The zero-order chi connectivity index (χ0) is 14.8. The number of aromatic nitrogens is 3. The predicted molar refractivity (Wildman–Crippen MR) is 78.3 cm³/mol. The van der Waals surface area contributed by atoms with Crippen LogP contribution in [0.5, 0.6) is 0 Å². The summed E-state index contributed by atoms with van der Waals surface area (Å²) in [5.41, 5.74) is 1.18. The van der Waals surface area contributed by atoms with Crippen molar-refractivity contribution in [3.63, 3.8) is 0 Å². The van der Waals surface area contributed by atoms with Gasteiger partial charge in [0.2, 0.25) is 0 Å². The molecule has 112 valence electrons. The molecule has 1 aliphatic rings. The smallest absolute Gasteiger partial charge is 0.355 e. The van der Waals surface area contributed by atoms with Crippen molar-refractivity contribution in [1.82, 2.24) is 19.5 Å². The molecule has 0 amide bonds. The van der Waals surface area contributed by atoms with E-state index < -0.39 is 0 Å². The first-order chi connectivity index (χ1) is 10.2. The summed E-state index contributed by atoms with van der Waals surface area (Å²) in [7, 11) is 3.54. The van der Waals surface area contributed by atoms with E-state index in [1.54, 1.807) is 12.1 Å². The summed E-state index contributed by atoms with van der Waals surface area (Å²) in [4.78, 5) is 14.3. The number of likely N-dealkylation sites (tertiary alicyclic amines) is 1. The number of rotatable bonds is 3. The fourth-order valence-electron chi connectivity index (χ4n) is 3.09. The van der Waals surface area contributed by atoms with Crippen molar-refractivity contribution in [2.45, 2.75) is 19.3 Å². The molecular weight excluding hydrogens is 268 g/mol. The standard InChI is InChI=1S/C15H20N4O2/c1-18-8-4-5-11(10-18)9-14-17-16-13-7-3-6-12(19(13)14)15(20)21-2/h3,6-7,11H,4-5,8-10H2,1-2H3. The van der Waals surface area contributed by atoms with Crippen LogP contribution >= 0.6 is 0 Å². The number of esters is 1. The predicted octanol–water partition coefficient (Wildman–Crippen LogP) is 1.40. The van der Waals surface area contributed by atoms with Crippen LogP contribution in [0.25, 0.3) is 5.65 Å². The molecule has 0 radical (unpaired) electrons. The Morgan fingerprint density at radius 2 is 2.29 bits per heavy atom. The van der Waals surface area contributed by atoms with Crippen molar-refractivity contribution < 1.29 is 9.53 Å². The fourth-order valence-corrected chi connectivity index (χ4v) is 3.09. The van der Waals surface area contributed by atoms with Gasteiger partial charge in [-0.1, -0.05) is 6.07 Å². The van der Waals surface area contributed by atoms with Crippen molar-refractivity contribution >= 4 is 11.6 Å². The zero-order valence-electron chi connectivity index (χ0n) is 12.5. The lowest BCUT2D eigenvalue weighted by Crippen LogP contribution is -2.33. The first-order valence-electron chi connectivity index (χ1n) is 7.29. The van der Waals surface area contributed by atoms with Crippen LogP contribution in [0.15, 0.2) is 18.2 Å². The summed E-state index contributed by atoms with van der Waals surface area (Å²) < 4.78 is 6.67. The van der Waals surface area contributed by atoms with E-state index in [0.29, 0.717) is 17.3 Å². The topological polar surface area (TPSA) is 59.7 Å². The quantitative estimate of drug-likeness (QED) is 0.799. The Labute approximate surface area is 123 Å². The molecule has 2 aromatic rings. The van der Waals surface area contributed by atoms with Gasteiger partial charge in [0.25, 0.3) is 0 Å². The average molecular weight is 288 g/mol. The minimum absolute atomic E-state index is 0.359. The van der Waals surface area contributed by atoms with Crippen molar-refractivity contribution in [3.8, 4) is 0 Å². The summed E-state index contributed by atoms with van der Waals surface area (Å²) >= 11 is 0. The highest BCUT2D eigenvalue weighted by molar-refractivity contribution is 5.88. The number of nitrogens with zero attached hydrogens (tertiary/aromatic N) is 4. The van der Waals surface area contributed by atoms with E-state index in [9.17, 15) is 4.79 Å². The van der Waals surface area contributed by atoms with E-state index in [-0.39, 0.29) is 5.97 Å². The van der Waals surface area contributed by atoms with Crippen molar-refractivity contribution in [2.24, 2.45) is 5.92 Å². The third-order valence-corrected chi connectivity index (χ3v) is 4.08. The molecule has 1 aliphatic heterocycles. The van der Waals surface area contributed by atoms with Crippen molar-refractivity contribution in [2.75, 3.05) is 27.2 Å². The molecule has 0 aliphatic carbocycles. The molecule has 6 nitrogen and oxygen atoms in total. The lowest BCUT2D eigenvalue weighted by atomic mass is 9.95. The summed E-state index contributed by atoms with van der Waals surface area (Å²) in [5, 5.41) is 8.45. The number of hydrogen-bond donors (Lipinski definition) is 0. The summed E-state index contributed by atoms with van der Waals surface area (Å²) in [6.07, 6.45) is 3.24. The Bertz CT molecular complexity index is 652. The second kappa shape index (κ2) is 5.81. The van der Waals surface area contributed by atoms with Crippen LogP contribution < -0.4 is 0 Å². The Hall–Kier alpha value is -1.95. The second-order valence-electron chi connectivity index (χ2n) is 5.69. The van der Waals surface area contributed by atoms with Crippen molar-refractivity contribution in [3.05, 3.63) is 29.7 Å². The number of carbonyl (C=O) groups excluding carboxylic acids is 1. The van der Waals surface area contributed by atoms with Crippen molar-refractivity contribution in [1.29, 1.82) is 0 Å². The van der Waals surface area contributed by atoms with Gasteiger partial charge in [-0.25, -0.2) is 4.79 Å². The Kier molecular flexibility index (Phi) is 3.88. The molecule has 6 heteroatoms. The van der Waals surface area contributed by atoms with Gasteiger partial charge in [-0.05, 0) is 44.5 Å². The highest BCUT2D eigenvalue weighted by Crippen LogP contribution is 2.20. The molecular formula is C15H20N4O2. The molecule has 3 rings (SSSR count). The summed E-state index contributed by atoms with van der Waals surface area (Å²) in [6.45, 7) is 2.22. The normalized spacial score (nSPS) is 19.8. The molecule has 1 fully saturated rings.